The van der Waals surface area contributed by atoms with Gasteiger partial charge in [0.25, 0.3) is 5.91 Å². The van der Waals surface area contributed by atoms with Crippen LogP contribution in [0, 0.1) is 11.3 Å². The van der Waals surface area contributed by atoms with Crippen molar-refractivity contribution in [1.29, 1.82) is 5.26 Å². The molecule has 0 atom stereocenters. The molecule has 5 N–H and O–H groups in total. The van der Waals surface area contributed by atoms with Crippen LogP contribution in [0.15, 0.2) is 54.9 Å². The number of hydrogen-bond acceptors (Lipinski definition) is 9. The van der Waals surface area contributed by atoms with Crippen molar-refractivity contribution < 1.29 is 28.2 Å². The zero-order valence-electron chi connectivity index (χ0n) is 20.3. The second kappa shape index (κ2) is 11.8. The van der Waals surface area contributed by atoms with Gasteiger partial charge < -0.3 is 26.2 Å². The molecule has 3 heterocycles. The van der Waals surface area contributed by atoms with Gasteiger partial charge in [-0.25, -0.2) is 15.0 Å². The van der Waals surface area contributed by atoms with E-state index in [1.165, 1.54) is 35.0 Å². The summed E-state index contributed by atoms with van der Waals surface area (Å²) in [5.74, 6) is 0.183. The molecular weight excluding hydrogens is 517 g/mol. The first-order valence-electron chi connectivity index (χ1n) is 11.7. The SMILES string of the molecule is N#Cc1ccc(NCCNc2nc(-c3ccc(C(F)(F)F)cc3)cc3nc(C(=O)NC(CO)CO)cn23)nc1. The third-order valence-corrected chi connectivity index (χ3v) is 5.58. The molecule has 1 amide bonds. The fraction of sp³-hybridized carbons (Fsp3) is 0.240. The lowest BCUT2D eigenvalue weighted by Crippen LogP contribution is -2.40. The summed E-state index contributed by atoms with van der Waals surface area (Å²) in [4.78, 5) is 25.6. The number of aliphatic hydroxyl groups excluding tert-OH is 2. The molecule has 0 aliphatic heterocycles. The van der Waals surface area contributed by atoms with Crippen molar-refractivity contribution in [2.24, 2.45) is 0 Å². The van der Waals surface area contributed by atoms with Gasteiger partial charge >= 0.3 is 6.18 Å². The number of benzene rings is 1. The van der Waals surface area contributed by atoms with Crippen LogP contribution in [0.5, 0.6) is 0 Å². The highest BCUT2D eigenvalue weighted by molar-refractivity contribution is 5.93. The van der Waals surface area contributed by atoms with Crippen LogP contribution in [0.4, 0.5) is 24.9 Å². The molecule has 0 radical (unpaired) electrons. The van der Waals surface area contributed by atoms with Gasteiger partial charge in [-0.2, -0.15) is 18.4 Å². The maximum absolute atomic E-state index is 13.0. The summed E-state index contributed by atoms with van der Waals surface area (Å²) in [6, 6.07) is 10.4. The van der Waals surface area contributed by atoms with Crippen molar-refractivity contribution in [2.45, 2.75) is 12.2 Å². The molecule has 39 heavy (non-hydrogen) atoms. The smallest absolute Gasteiger partial charge is 0.394 e. The molecule has 1 aromatic carbocycles. The van der Waals surface area contributed by atoms with E-state index in [4.69, 9.17) is 5.26 Å². The number of nitrogens with zero attached hydrogens (tertiary/aromatic N) is 5. The molecular formula is C25H23F3N8O3. The van der Waals surface area contributed by atoms with Gasteiger partial charge in [0.15, 0.2) is 0 Å². The van der Waals surface area contributed by atoms with Crippen molar-refractivity contribution in [3.63, 3.8) is 0 Å². The predicted molar refractivity (Wildman–Crippen MR) is 135 cm³/mol. The molecule has 4 aromatic rings. The average molecular weight is 541 g/mol. The van der Waals surface area contributed by atoms with Crippen LogP contribution in [0.2, 0.25) is 0 Å². The van der Waals surface area contributed by atoms with E-state index in [-0.39, 0.29) is 11.6 Å². The molecule has 0 aliphatic rings. The lowest BCUT2D eigenvalue weighted by Gasteiger charge is -2.12. The fourth-order valence-corrected chi connectivity index (χ4v) is 3.54. The highest BCUT2D eigenvalue weighted by Gasteiger charge is 2.30. The number of hydrogen-bond donors (Lipinski definition) is 5. The first kappa shape index (κ1) is 27.3. The minimum absolute atomic E-state index is 0.0174. The van der Waals surface area contributed by atoms with Gasteiger partial charge in [0, 0.05) is 37.1 Å². The molecule has 0 bridgehead atoms. The number of anilines is 2. The number of alkyl halides is 3. The minimum atomic E-state index is -4.48. The summed E-state index contributed by atoms with van der Waals surface area (Å²) in [5, 5.41) is 36.0. The van der Waals surface area contributed by atoms with Crippen LogP contribution in [-0.2, 0) is 6.18 Å². The number of pyridine rings is 1. The van der Waals surface area contributed by atoms with E-state index in [0.717, 1.165) is 12.1 Å². The molecule has 0 saturated heterocycles. The summed E-state index contributed by atoms with van der Waals surface area (Å²) >= 11 is 0. The van der Waals surface area contributed by atoms with E-state index in [1.54, 1.807) is 12.1 Å². The summed E-state index contributed by atoms with van der Waals surface area (Å²) in [5.41, 5.74) is 0.629. The van der Waals surface area contributed by atoms with Crippen LogP contribution >= 0.6 is 0 Å². The number of imidazole rings is 1. The first-order chi connectivity index (χ1) is 18.7. The summed E-state index contributed by atoms with van der Waals surface area (Å²) in [6.45, 7) is -0.216. The number of fused-ring (bicyclic) bond motifs is 1. The first-order valence-corrected chi connectivity index (χ1v) is 11.7. The number of amides is 1. The topological polar surface area (TPSA) is 160 Å². The van der Waals surface area contributed by atoms with Gasteiger partial charge in [-0.05, 0) is 24.3 Å². The van der Waals surface area contributed by atoms with Crippen molar-refractivity contribution >= 4 is 23.3 Å². The van der Waals surface area contributed by atoms with Crippen LogP contribution in [0.25, 0.3) is 16.9 Å². The van der Waals surface area contributed by atoms with Crippen LogP contribution in [-0.4, -0.2) is 67.8 Å². The van der Waals surface area contributed by atoms with Crippen LogP contribution in [0.3, 0.4) is 0 Å². The Morgan fingerprint density at radius 1 is 1.05 bits per heavy atom. The van der Waals surface area contributed by atoms with E-state index in [2.05, 4.69) is 30.9 Å². The summed E-state index contributed by atoms with van der Waals surface area (Å²) in [6.07, 6.45) is -1.63. The van der Waals surface area contributed by atoms with E-state index < -0.39 is 36.9 Å². The molecule has 0 saturated carbocycles. The number of rotatable bonds is 10. The van der Waals surface area contributed by atoms with E-state index in [1.807, 2.05) is 6.07 Å². The molecule has 4 rings (SSSR count). The number of carbonyl (C=O) groups excluding carboxylic acids is 1. The summed E-state index contributed by atoms with van der Waals surface area (Å²) < 4.78 is 40.6. The van der Waals surface area contributed by atoms with Crippen molar-refractivity contribution in [3.05, 3.63) is 71.7 Å². The number of nitrogens with one attached hydrogen (secondary N) is 3. The van der Waals surface area contributed by atoms with Gasteiger partial charge in [-0.1, -0.05) is 12.1 Å². The Hall–Kier alpha value is -4.74. The Labute approximate surface area is 220 Å². The van der Waals surface area contributed by atoms with Crippen LogP contribution in [0.1, 0.15) is 21.6 Å². The van der Waals surface area contributed by atoms with E-state index in [9.17, 15) is 28.2 Å². The number of aromatic nitrogens is 4. The van der Waals surface area contributed by atoms with E-state index in [0.29, 0.717) is 41.4 Å². The van der Waals surface area contributed by atoms with Crippen LogP contribution < -0.4 is 16.0 Å². The zero-order valence-corrected chi connectivity index (χ0v) is 20.3. The minimum Gasteiger partial charge on any atom is -0.394 e. The molecule has 14 heteroatoms. The van der Waals surface area contributed by atoms with Gasteiger partial charge in [-0.3, -0.25) is 9.20 Å². The molecule has 0 spiro atoms. The zero-order chi connectivity index (χ0) is 28.0. The molecule has 0 fully saturated rings. The fourth-order valence-electron chi connectivity index (χ4n) is 3.54. The van der Waals surface area contributed by atoms with E-state index >= 15 is 0 Å². The number of nitriles is 1. The highest BCUT2D eigenvalue weighted by Crippen LogP contribution is 2.31. The molecule has 202 valence electrons. The molecule has 0 unspecified atom stereocenters. The highest BCUT2D eigenvalue weighted by atomic mass is 19.4. The van der Waals surface area contributed by atoms with Crippen molar-refractivity contribution in [2.75, 3.05) is 36.9 Å². The molecule has 3 aromatic heterocycles. The Bertz CT molecular complexity index is 1480. The molecule has 11 nitrogen and oxygen atoms in total. The monoisotopic (exact) mass is 540 g/mol. The Morgan fingerprint density at radius 3 is 2.38 bits per heavy atom. The molecule has 0 aliphatic carbocycles. The maximum atomic E-state index is 13.0. The maximum Gasteiger partial charge on any atom is 0.416 e. The van der Waals surface area contributed by atoms with Crippen molar-refractivity contribution in [1.82, 2.24) is 24.7 Å². The van der Waals surface area contributed by atoms with Gasteiger partial charge in [-0.15, -0.1) is 0 Å². The second-order valence-corrected chi connectivity index (χ2v) is 8.33. The third-order valence-electron chi connectivity index (χ3n) is 5.58. The number of halogens is 3. The third kappa shape index (κ3) is 6.58. The normalized spacial score (nSPS) is 11.4. The summed E-state index contributed by atoms with van der Waals surface area (Å²) in [7, 11) is 0. The standard InChI is InChI=1S/C25H23F3N8O3/c26-25(27,28)17-4-2-16(3-5-17)19-9-22-34-20(23(39)33-18(13-37)14-38)12-36(22)24(35-19)31-8-7-30-21-6-1-15(10-29)11-32-21/h1-6,9,11-12,18,37-38H,7-8,13-14H2,(H,30,32)(H,31,35)(H,33,39). The van der Waals surface area contributed by atoms with Gasteiger partial charge in [0.2, 0.25) is 5.95 Å². The largest absolute Gasteiger partial charge is 0.416 e. The number of carbonyl (C=O) groups is 1. The average Bonchev–Trinajstić information content (AvgIpc) is 3.38. The lowest BCUT2D eigenvalue weighted by molar-refractivity contribution is -0.137. The predicted octanol–water partition coefficient (Wildman–Crippen LogP) is 2.29. The lowest BCUT2D eigenvalue weighted by atomic mass is 10.1. The van der Waals surface area contributed by atoms with Gasteiger partial charge in [0.1, 0.15) is 23.2 Å². The van der Waals surface area contributed by atoms with Crippen molar-refractivity contribution in [3.8, 4) is 17.3 Å². The quantitative estimate of drug-likeness (QED) is 0.190. The second-order valence-electron chi connectivity index (χ2n) is 8.33. The Morgan fingerprint density at radius 2 is 1.77 bits per heavy atom. The number of aliphatic hydroxyl groups is 2. The Kier molecular flexibility index (Phi) is 8.23. The van der Waals surface area contributed by atoms with Gasteiger partial charge in [0.05, 0.1) is 36.1 Å². The Balaban J connectivity index is 1.60.